The molecule has 1 fully saturated rings. The fourth-order valence-corrected chi connectivity index (χ4v) is 7.23. The van der Waals surface area contributed by atoms with Crippen LogP contribution in [0.25, 0.3) is 11.1 Å². The number of aliphatic hydroxyl groups is 1. The van der Waals surface area contributed by atoms with Crippen molar-refractivity contribution in [2.24, 2.45) is 0 Å². The van der Waals surface area contributed by atoms with Crippen molar-refractivity contribution in [1.29, 1.82) is 0 Å². The molecule has 0 radical (unpaired) electrons. The Morgan fingerprint density at radius 1 is 0.717 bits per heavy atom. The maximum Gasteiger partial charge on any atom is 0.224 e. The molecular formula is C44H47N3O5S. The summed E-state index contributed by atoms with van der Waals surface area (Å²) in [7, 11) is 0. The minimum absolute atomic E-state index is 0.00290. The maximum atomic E-state index is 12.6. The summed E-state index contributed by atoms with van der Waals surface area (Å²) >= 11 is 1.78. The van der Waals surface area contributed by atoms with Crippen LogP contribution < -0.4 is 16.4 Å². The van der Waals surface area contributed by atoms with Crippen molar-refractivity contribution in [1.82, 2.24) is 5.32 Å². The third-order valence-corrected chi connectivity index (χ3v) is 10.4. The summed E-state index contributed by atoms with van der Waals surface area (Å²) in [6.07, 6.45) is 3.09. The van der Waals surface area contributed by atoms with E-state index in [9.17, 15) is 14.7 Å². The SMILES string of the molecule is Nc1ccccc1NC(=O)CCCCCC(=O)NCc1cccc(-c2ccc([C@@H]3O[C@H](CSc4ccccc4)C[C@H](c4ccc(CO)cc4)O3)cc2)c1. The normalized spacial score (nSPS) is 16.9. The van der Waals surface area contributed by atoms with Crippen molar-refractivity contribution in [3.8, 4) is 11.1 Å². The highest BCUT2D eigenvalue weighted by atomic mass is 32.2. The van der Waals surface area contributed by atoms with E-state index in [1.54, 1.807) is 23.9 Å². The maximum absolute atomic E-state index is 12.6. The van der Waals surface area contributed by atoms with E-state index >= 15 is 0 Å². The molecule has 5 aromatic carbocycles. The highest BCUT2D eigenvalue weighted by molar-refractivity contribution is 7.99. The molecule has 1 saturated heterocycles. The lowest BCUT2D eigenvalue weighted by Crippen LogP contribution is -2.31. The number of rotatable bonds is 16. The lowest BCUT2D eigenvalue weighted by molar-refractivity contribution is -0.245. The molecule has 0 unspecified atom stereocenters. The molecule has 8 nitrogen and oxygen atoms in total. The molecule has 2 amide bonds. The summed E-state index contributed by atoms with van der Waals surface area (Å²) in [6.45, 7) is 0.452. The zero-order valence-corrected chi connectivity index (χ0v) is 30.6. The van der Waals surface area contributed by atoms with E-state index in [2.05, 4.69) is 71.3 Å². The number of carbonyl (C=O) groups is 2. The van der Waals surface area contributed by atoms with Crippen LogP contribution in [0.2, 0.25) is 0 Å². The fourth-order valence-electron chi connectivity index (χ4n) is 6.28. The molecule has 0 bridgehead atoms. The van der Waals surface area contributed by atoms with Crippen LogP contribution in [0.15, 0.2) is 132 Å². The second kappa shape index (κ2) is 19.2. The van der Waals surface area contributed by atoms with Gasteiger partial charge in [0.1, 0.15) is 0 Å². The molecule has 1 heterocycles. The van der Waals surface area contributed by atoms with Crippen molar-refractivity contribution in [2.75, 3.05) is 16.8 Å². The Hall–Kier alpha value is -4.93. The molecule has 1 aliphatic heterocycles. The third-order valence-electron chi connectivity index (χ3n) is 9.27. The van der Waals surface area contributed by atoms with Crippen molar-refractivity contribution in [2.45, 2.75) is 75.1 Å². The van der Waals surface area contributed by atoms with E-state index in [0.29, 0.717) is 37.2 Å². The first-order valence-electron chi connectivity index (χ1n) is 18.2. The van der Waals surface area contributed by atoms with Gasteiger partial charge in [-0.1, -0.05) is 103 Å². The fraction of sp³-hybridized carbons (Fsp3) is 0.273. The van der Waals surface area contributed by atoms with Crippen LogP contribution in [0.4, 0.5) is 11.4 Å². The second-order valence-electron chi connectivity index (χ2n) is 13.3. The predicted octanol–water partition coefficient (Wildman–Crippen LogP) is 8.97. The molecule has 53 heavy (non-hydrogen) atoms. The summed E-state index contributed by atoms with van der Waals surface area (Å²) in [5.74, 6) is 0.729. The average molecular weight is 730 g/mol. The number of hydrogen-bond donors (Lipinski definition) is 4. The van der Waals surface area contributed by atoms with Gasteiger partial charge in [-0.15, -0.1) is 11.8 Å². The van der Waals surface area contributed by atoms with E-state index in [1.165, 1.54) is 4.90 Å². The minimum Gasteiger partial charge on any atom is -0.397 e. The molecule has 0 saturated carbocycles. The van der Waals surface area contributed by atoms with Crippen molar-refractivity contribution < 1.29 is 24.2 Å². The number of nitrogens with one attached hydrogen (secondary N) is 2. The Balaban J connectivity index is 0.996. The quantitative estimate of drug-likeness (QED) is 0.0454. The molecule has 9 heteroatoms. The first-order chi connectivity index (χ1) is 25.9. The number of ether oxygens (including phenoxy) is 2. The van der Waals surface area contributed by atoms with Gasteiger partial charge in [-0.25, -0.2) is 0 Å². The largest absolute Gasteiger partial charge is 0.397 e. The minimum atomic E-state index is -0.519. The van der Waals surface area contributed by atoms with Gasteiger partial charge in [0, 0.05) is 42.0 Å². The topological polar surface area (TPSA) is 123 Å². The predicted molar refractivity (Wildman–Crippen MR) is 212 cm³/mol. The average Bonchev–Trinajstić information content (AvgIpc) is 3.20. The number of hydrogen-bond acceptors (Lipinski definition) is 7. The standard InChI is InChI=1S/C44H47N3O5S/c45-39-14-7-8-15-40(39)47-43(50)17-6-2-5-16-42(49)46-28-32-10-9-11-36(26-32)33-22-24-35(25-23-33)44-51-37(30-53-38-12-3-1-4-13-38)27-41(52-44)34-20-18-31(29-48)19-21-34/h1,3-4,7-15,18-26,37,41,44,48H,2,5-6,16-17,27-30,45H2,(H,46,49)(H,47,50)/t37-,41+,44+/m0/s1. The zero-order valence-electron chi connectivity index (χ0n) is 29.8. The van der Waals surface area contributed by atoms with Gasteiger partial charge in [-0.3, -0.25) is 9.59 Å². The summed E-state index contributed by atoms with van der Waals surface area (Å²) in [5.41, 5.74) is 13.1. The smallest absolute Gasteiger partial charge is 0.224 e. The molecule has 5 aromatic rings. The van der Waals surface area contributed by atoms with Crippen LogP contribution in [0, 0.1) is 0 Å². The number of para-hydroxylation sites is 2. The monoisotopic (exact) mass is 729 g/mol. The summed E-state index contributed by atoms with van der Waals surface area (Å²) in [6, 6.07) is 42.0. The first-order valence-corrected chi connectivity index (χ1v) is 19.2. The summed E-state index contributed by atoms with van der Waals surface area (Å²) in [4.78, 5) is 26.0. The van der Waals surface area contributed by atoms with Crippen LogP contribution in [-0.2, 0) is 32.2 Å². The van der Waals surface area contributed by atoms with E-state index in [4.69, 9.17) is 15.2 Å². The number of benzene rings is 5. The lowest BCUT2D eigenvalue weighted by atomic mass is 9.99. The Kier molecular flexibility index (Phi) is 13.7. The van der Waals surface area contributed by atoms with E-state index in [1.807, 2.05) is 54.6 Å². The number of aliphatic hydroxyl groups excluding tert-OH is 1. The van der Waals surface area contributed by atoms with Crippen molar-refractivity contribution in [3.63, 3.8) is 0 Å². The van der Waals surface area contributed by atoms with Gasteiger partial charge in [0.05, 0.1) is 30.2 Å². The molecule has 1 aliphatic rings. The number of nitrogens with two attached hydrogens (primary N) is 1. The molecule has 274 valence electrons. The summed E-state index contributed by atoms with van der Waals surface area (Å²) < 4.78 is 13.1. The Morgan fingerprint density at radius 2 is 1.43 bits per heavy atom. The molecule has 0 spiro atoms. The number of carbonyl (C=O) groups excluding carboxylic acids is 2. The Labute approximate surface area is 316 Å². The zero-order chi connectivity index (χ0) is 36.8. The number of nitrogen functional groups attached to an aromatic ring is 1. The second-order valence-corrected chi connectivity index (χ2v) is 14.4. The third kappa shape index (κ3) is 11.3. The van der Waals surface area contributed by atoms with Gasteiger partial charge in [0.25, 0.3) is 0 Å². The van der Waals surface area contributed by atoms with Gasteiger partial charge >= 0.3 is 0 Å². The van der Waals surface area contributed by atoms with Gasteiger partial charge in [-0.05, 0) is 71.0 Å². The molecule has 3 atom stereocenters. The van der Waals surface area contributed by atoms with E-state index in [0.717, 1.165) is 58.4 Å². The van der Waals surface area contributed by atoms with Crippen LogP contribution in [0.3, 0.4) is 0 Å². The highest BCUT2D eigenvalue weighted by Gasteiger charge is 2.32. The Morgan fingerprint density at radius 3 is 2.19 bits per heavy atom. The van der Waals surface area contributed by atoms with Gasteiger partial charge in [0.2, 0.25) is 11.8 Å². The van der Waals surface area contributed by atoms with Crippen LogP contribution in [0.5, 0.6) is 0 Å². The Bertz CT molecular complexity index is 1920. The molecule has 0 aromatic heterocycles. The molecular weight excluding hydrogens is 683 g/mol. The highest BCUT2D eigenvalue weighted by Crippen LogP contribution is 2.40. The molecule has 5 N–H and O–H groups in total. The van der Waals surface area contributed by atoms with Gasteiger partial charge in [-0.2, -0.15) is 0 Å². The van der Waals surface area contributed by atoms with Crippen LogP contribution in [0.1, 0.15) is 73.2 Å². The lowest BCUT2D eigenvalue weighted by Gasteiger charge is -2.36. The molecule has 6 rings (SSSR count). The van der Waals surface area contributed by atoms with Crippen LogP contribution >= 0.6 is 11.8 Å². The van der Waals surface area contributed by atoms with Gasteiger partial charge < -0.3 is 30.9 Å². The van der Waals surface area contributed by atoms with Crippen LogP contribution in [-0.4, -0.2) is 28.8 Å². The first kappa shape index (κ1) is 37.8. The number of amides is 2. The van der Waals surface area contributed by atoms with E-state index < -0.39 is 6.29 Å². The number of unbranched alkanes of at least 4 members (excludes halogenated alkanes) is 2. The van der Waals surface area contributed by atoms with Gasteiger partial charge in [0.15, 0.2) is 6.29 Å². The van der Waals surface area contributed by atoms with Crippen molar-refractivity contribution in [3.05, 3.63) is 150 Å². The number of thioether (sulfide) groups is 1. The van der Waals surface area contributed by atoms with Crippen molar-refractivity contribution >= 4 is 35.0 Å². The molecule has 0 aliphatic carbocycles. The summed E-state index contributed by atoms with van der Waals surface area (Å²) in [5, 5.41) is 15.4. The number of anilines is 2. The van der Waals surface area contributed by atoms with E-state index in [-0.39, 0.29) is 30.6 Å².